The lowest BCUT2D eigenvalue weighted by Crippen LogP contribution is -2.51. The SMILES string of the molecule is NCc1ccc2c(c1)CCN(C(Cc1ccccc1)C(=O)Nc1ccc(-c3ccn[nH]3)cc1)C2=O. The highest BCUT2D eigenvalue weighted by Crippen LogP contribution is 2.25. The third kappa shape index (κ3) is 4.85. The van der Waals surface area contributed by atoms with Crippen LogP contribution in [-0.2, 0) is 24.2 Å². The highest BCUT2D eigenvalue weighted by molar-refractivity contribution is 6.02. The molecule has 4 aromatic rings. The van der Waals surface area contributed by atoms with Crippen molar-refractivity contribution < 1.29 is 9.59 Å². The van der Waals surface area contributed by atoms with Crippen molar-refractivity contribution in [2.24, 2.45) is 5.73 Å². The van der Waals surface area contributed by atoms with Crippen molar-refractivity contribution in [3.63, 3.8) is 0 Å². The molecule has 2 amide bonds. The molecule has 1 atom stereocenters. The number of aromatic amines is 1. The van der Waals surface area contributed by atoms with Crippen LogP contribution in [-0.4, -0.2) is 39.5 Å². The van der Waals surface area contributed by atoms with Crippen LogP contribution in [0.1, 0.15) is 27.0 Å². The lowest BCUT2D eigenvalue weighted by atomic mass is 9.94. The Balaban J connectivity index is 1.39. The number of anilines is 1. The van der Waals surface area contributed by atoms with Gasteiger partial charge in [0.15, 0.2) is 0 Å². The van der Waals surface area contributed by atoms with Crippen molar-refractivity contribution in [3.8, 4) is 11.3 Å². The fraction of sp³-hybridized carbons (Fsp3) is 0.179. The molecule has 2 heterocycles. The van der Waals surface area contributed by atoms with Gasteiger partial charge in [0.05, 0.1) is 5.69 Å². The fourth-order valence-corrected chi connectivity index (χ4v) is 4.54. The van der Waals surface area contributed by atoms with Crippen molar-refractivity contribution in [3.05, 3.63) is 107 Å². The fourth-order valence-electron chi connectivity index (χ4n) is 4.54. The zero-order valence-electron chi connectivity index (χ0n) is 19.3. The molecular formula is C28H27N5O2. The second-order valence-electron chi connectivity index (χ2n) is 8.69. The number of hydrogen-bond acceptors (Lipinski definition) is 4. The van der Waals surface area contributed by atoms with Gasteiger partial charge in [0.25, 0.3) is 5.91 Å². The maximum atomic E-state index is 13.6. The minimum atomic E-state index is -0.639. The summed E-state index contributed by atoms with van der Waals surface area (Å²) in [6.45, 7) is 0.910. The summed E-state index contributed by atoms with van der Waals surface area (Å²) in [5, 5.41) is 9.93. The number of benzene rings is 3. The molecule has 1 aliphatic heterocycles. The third-order valence-corrected chi connectivity index (χ3v) is 6.43. The van der Waals surface area contributed by atoms with Crippen LogP contribution in [0.15, 0.2) is 85.1 Å². The van der Waals surface area contributed by atoms with E-state index in [1.807, 2.05) is 78.9 Å². The maximum absolute atomic E-state index is 13.6. The van der Waals surface area contributed by atoms with Gasteiger partial charge in [0, 0.05) is 37.0 Å². The second-order valence-corrected chi connectivity index (χ2v) is 8.69. The number of carbonyl (C=O) groups is 2. The topological polar surface area (TPSA) is 104 Å². The first kappa shape index (κ1) is 22.6. The summed E-state index contributed by atoms with van der Waals surface area (Å²) in [6, 6.07) is 24.3. The number of nitrogens with one attached hydrogen (secondary N) is 2. The molecule has 4 N–H and O–H groups in total. The van der Waals surface area contributed by atoms with Crippen LogP contribution in [0.25, 0.3) is 11.3 Å². The first-order valence-corrected chi connectivity index (χ1v) is 11.7. The predicted octanol–water partition coefficient (Wildman–Crippen LogP) is 3.78. The average molecular weight is 466 g/mol. The highest BCUT2D eigenvalue weighted by Gasteiger charge is 2.34. The van der Waals surface area contributed by atoms with E-state index < -0.39 is 6.04 Å². The van der Waals surface area contributed by atoms with E-state index >= 15 is 0 Å². The number of rotatable bonds is 7. The van der Waals surface area contributed by atoms with Crippen molar-refractivity contribution in [2.45, 2.75) is 25.4 Å². The molecule has 35 heavy (non-hydrogen) atoms. The number of fused-ring (bicyclic) bond motifs is 1. The minimum Gasteiger partial charge on any atom is -0.326 e. The summed E-state index contributed by atoms with van der Waals surface area (Å²) >= 11 is 0. The first-order valence-electron chi connectivity index (χ1n) is 11.7. The van der Waals surface area contributed by atoms with E-state index in [2.05, 4.69) is 15.5 Å². The number of aromatic nitrogens is 2. The van der Waals surface area contributed by atoms with Crippen molar-refractivity contribution in [2.75, 3.05) is 11.9 Å². The van der Waals surface area contributed by atoms with Gasteiger partial charge in [-0.05, 0) is 52.9 Å². The molecule has 7 heteroatoms. The smallest absolute Gasteiger partial charge is 0.254 e. The Morgan fingerprint density at radius 2 is 1.83 bits per heavy atom. The largest absolute Gasteiger partial charge is 0.326 e. The van der Waals surface area contributed by atoms with E-state index in [-0.39, 0.29) is 11.8 Å². The summed E-state index contributed by atoms with van der Waals surface area (Å²) in [5.41, 5.74) is 12.0. The number of nitrogens with zero attached hydrogens (tertiary/aromatic N) is 2. The molecule has 5 rings (SSSR count). The number of hydrogen-bond donors (Lipinski definition) is 3. The third-order valence-electron chi connectivity index (χ3n) is 6.43. The molecule has 0 radical (unpaired) electrons. The zero-order valence-corrected chi connectivity index (χ0v) is 19.3. The minimum absolute atomic E-state index is 0.125. The molecule has 0 bridgehead atoms. The van der Waals surface area contributed by atoms with Crippen molar-refractivity contribution >= 4 is 17.5 Å². The normalized spacial score (nSPS) is 13.9. The standard InChI is InChI=1S/C28H27N5O2/c29-18-20-6-11-24-22(16-20)13-15-33(28(24)35)26(17-19-4-2-1-3-5-19)27(34)31-23-9-7-21(8-10-23)25-12-14-30-32-25/h1-12,14,16,26H,13,15,17-18,29H2,(H,30,32)(H,31,34). The van der Waals surface area contributed by atoms with E-state index in [1.165, 1.54) is 0 Å². The monoisotopic (exact) mass is 465 g/mol. The predicted molar refractivity (Wildman–Crippen MR) is 136 cm³/mol. The molecule has 1 unspecified atom stereocenters. The Kier molecular flexibility index (Phi) is 6.41. The molecule has 0 fully saturated rings. The first-order chi connectivity index (χ1) is 17.1. The number of nitrogens with two attached hydrogens (primary N) is 1. The van der Waals surface area contributed by atoms with Crippen LogP contribution >= 0.6 is 0 Å². The van der Waals surface area contributed by atoms with Crippen LogP contribution in [0, 0.1) is 0 Å². The van der Waals surface area contributed by atoms with Gasteiger partial charge in [-0.25, -0.2) is 0 Å². The highest BCUT2D eigenvalue weighted by atomic mass is 16.2. The lowest BCUT2D eigenvalue weighted by Gasteiger charge is -2.35. The Morgan fingerprint density at radius 1 is 1.03 bits per heavy atom. The molecule has 0 spiro atoms. The molecule has 1 aliphatic rings. The Morgan fingerprint density at radius 3 is 2.54 bits per heavy atom. The van der Waals surface area contributed by atoms with E-state index in [9.17, 15) is 9.59 Å². The quantitative estimate of drug-likeness (QED) is 0.386. The molecular weight excluding hydrogens is 438 g/mol. The van der Waals surface area contributed by atoms with Crippen molar-refractivity contribution in [1.82, 2.24) is 15.1 Å². The molecule has 0 aliphatic carbocycles. The summed E-state index contributed by atoms with van der Waals surface area (Å²) < 4.78 is 0. The molecule has 7 nitrogen and oxygen atoms in total. The summed E-state index contributed by atoms with van der Waals surface area (Å²) in [4.78, 5) is 28.7. The van der Waals surface area contributed by atoms with Gasteiger partial charge in [-0.3, -0.25) is 14.7 Å². The van der Waals surface area contributed by atoms with Crippen LogP contribution in [0.2, 0.25) is 0 Å². The van der Waals surface area contributed by atoms with Crippen LogP contribution < -0.4 is 11.1 Å². The van der Waals surface area contributed by atoms with E-state index in [4.69, 9.17) is 5.73 Å². The Bertz CT molecular complexity index is 1320. The van der Waals surface area contributed by atoms with E-state index in [0.717, 1.165) is 27.9 Å². The number of carbonyl (C=O) groups excluding carboxylic acids is 2. The zero-order chi connectivity index (χ0) is 24.2. The number of amides is 2. The van der Waals surface area contributed by atoms with Gasteiger partial charge in [-0.15, -0.1) is 0 Å². The molecule has 3 aromatic carbocycles. The summed E-state index contributed by atoms with van der Waals surface area (Å²) in [7, 11) is 0. The average Bonchev–Trinajstić information content (AvgIpc) is 3.44. The van der Waals surface area contributed by atoms with Crippen molar-refractivity contribution in [1.29, 1.82) is 0 Å². The number of H-pyrrole nitrogens is 1. The van der Waals surface area contributed by atoms with Gasteiger partial charge < -0.3 is 16.0 Å². The Labute approximate surface area is 204 Å². The van der Waals surface area contributed by atoms with E-state index in [0.29, 0.717) is 37.2 Å². The maximum Gasteiger partial charge on any atom is 0.254 e. The summed E-state index contributed by atoms with van der Waals surface area (Å²) in [5.74, 6) is -0.334. The molecule has 1 aromatic heterocycles. The second kappa shape index (κ2) is 9.95. The van der Waals surface area contributed by atoms with E-state index in [1.54, 1.807) is 11.1 Å². The molecule has 0 saturated carbocycles. The van der Waals surface area contributed by atoms with Gasteiger partial charge in [0.1, 0.15) is 6.04 Å². The van der Waals surface area contributed by atoms with Gasteiger partial charge in [-0.1, -0.05) is 54.6 Å². The van der Waals surface area contributed by atoms with Crippen LogP contribution in [0.4, 0.5) is 5.69 Å². The molecule has 0 saturated heterocycles. The van der Waals surface area contributed by atoms with Gasteiger partial charge in [0.2, 0.25) is 5.91 Å². The van der Waals surface area contributed by atoms with Crippen LogP contribution in [0.3, 0.4) is 0 Å². The lowest BCUT2D eigenvalue weighted by molar-refractivity contribution is -0.120. The van der Waals surface area contributed by atoms with Crippen LogP contribution in [0.5, 0.6) is 0 Å². The van der Waals surface area contributed by atoms with Gasteiger partial charge in [-0.2, -0.15) is 5.10 Å². The molecule has 176 valence electrons. The van der Waals surface area contributed by atoms with Gasteiger partial charge >= 0.3 is 0 Å². The summed E-state index contributed by atoms with van der Waals surface area (Å²) in [6.07, 6.45) is 2.82. The Hall–Kier alpha value is -4.23.